The van der Waals surface area contributed by atoms with Gasteiger partial charge in [-0.1, -0.05) is 41.6 Å². The molecule has 4 rings (SSSR count). The predicted molar refractivity (Wildman–Crippen MR) is 138 cm³/mol. The molecule has 8 nitrogen and oxygen atoms in total. The lowest BCUT2D eigenvalue weighted by Gasteiger charge is -2.26. The molecule has 1 aromatic heterocycles. The van der Waals surface area contributed by atoms with E-state index >= 15 is 0 Å². The van der Waals surface area contributed by atoms with Gasteiger partial charge in [0, 0.05) is 36.9 Å². The molecule has 0 radical (unpaired) electrons. The molecule has 2 heterocycles. The first-order chi connectivity index (χ1) is 17.1. The Bertz CT molecular complexity index is 1070. The first-order valence-corrected chi connectivity index (χ1v) is 12.9. The van der Waals surface area contributed by atoms with Gasteiger partial charge in [-0.05, 0) is 49.7 Å². The van der Waals surface area contributed by atoms with Crippen molar-refractivity contribution in [1.29, 1.82) is 0 Å². The van der Waals surface area contributed by atoms with E-state index in [9.17, 15) is 4.79 Å². The second-order valence-corrected chi connectivity index (χ2v) is 9.74. The molecule has 1 atom stereocenters. The molecule has 186 valence electrons. The molecule has 0 spiro atoms. The van der Waals surface area contributed by atoms with E-state index in [2.05, 4.69) is 56.6 Å². The van der Waals surface area contributed by atoms with Crippen molar-refractivity contribution < 1.29 is 14.3 Å². The van der Waals surface area contributed by atoms with Crippen molar-refractivity contribution in [3.63, 3.8) is 0 Å². The summed E-state index contributed by atoms with van der Waals surface area (Å²) in [4.78, 5) is 19.8. The molecular formula is C26H33N5O3S. The quantitative estimate of drug-likeness (QED) is 0.308. The third-order valence-corrected chi connectivity index (χ3v) is 7.09. The molecule has 0 unspecified atom stereocenters. The third kappa shape index (κ3) is 7.55. The van der Waals surface area contributed by atoms with Crippen LogP contribution in [-0.2, 0) is 9.53 Å². The van der Waals surface area contributed by atoms with Crippen LogP contribution in [0.4, 0.5) is 0 Å². The fraction of sp³-hybridized carbons (Fsp3) is 0.423. The largest absolute Gasteiger partial charge is 0.497 e. The minimum atomic E-state index is -0.0886. The van der Waals surface area contributed by atoms with Crippen molar-refractivity contribution in [2.45, 2.75) is 30.2 Å². The van der Waals surface area contributed by atoms with Crippen LogP contribution in [0.25, 0.3) is 11.4 Å². The summed E-state index contributed by atoms with van der Waals surface area (Å²) in [5, 5.41) is 11.0. The maximum atomic E-state index is 12.8. The number of amides is 1. The van der Waals surface area contributed by atoms with Gasteiger partial charge in [0.2, 0.25) is 11.1 Å². The van der Waals surface area contributed by atoms with Gasteiger partial charge in [0.1, 0.15) is 5.75 Å². The fourth-order valence-electron chi connectivity index (χ4n) is 3.91. The molecule has 0 bridgehead atoms. The summed E-state index contributed by atoms with van der Waals surface area (Å²) in [7, 11) is 1.64. The normalized spacial score (nSPS) is 15.0. The Balaban J connectivity index is 1.36. The Morgan fingerprint density at radius 2 is 1.91 bits per heavy atom. The number of hydrogen-bond acceptors (Lipinski definition) is 7. The smallest absolute Gasteiger partial charge is 0.221 e. The number of nitrogens with one attached hydrogen (secondary N) is 2. The van der Waals surface area contributed by atoms with Crippen LogP contribution in [0, 0.1) is 6.92 Å². The van der Waals surface area contributed by atoms with Gasteiger partial charge in [0.25, 0.3) is 0 Å². The highest BCUT2D eigenvalue weighted by Crippen LogP contribution is 2.37. The molecular weight excluding hydrogens is 462 g/mol. The highest BCUT2D eigenvalue weighted by Gasteiger charge is 2.20. The van der Waals surface area contributed by atoms with Gasteiger partial charge in [0.15, 0.2) is 5.82 Å². The molecule has 1 aliphatic rings. The molecule has 1 amide bonds. The number of carbonyl (C=O) groups is 1. The van der Waals surface area contributed by atoms with E-state index < -0.39 is 0 Å². The van der Waals surface area contributed by atoms with Gasteiger partial charge in [-0.15, -0.1) is 5.10 Å². The molecule has 2 N–H and O–H groups in total. The van der Waals surface area contributed by atoms with Crippen LogP contribution in [0.1, 0.15) is 29.2 Å². The van der Waals surface area contributed by atoms with Crippen molar-refractivity contribution >= 4 is 17.7 Å². The van der Waals surface area contributed by atoms with Gasteiger partial charge in [-0.3, -0.25) is 14.8 Å². The number of aromatic nitrogens is 3. The number of hydrogen-bond donors (Lipinski definition) is 2. The number of carbonyl (C=O) groups excluding carboxylic acids is 1. The Morgan fingerprint density at radius 1 is 1.17 bits per heavy atom. The monoisotopic (exact) mass is 495 g/mol. The van der Waals surface area contributed by atoms with Crippen LogP contribution >= 0.6 is 11.8 Å². The van der Waals surface area contributed by atoms with E-state index in [1.165, 1.54) is 17.3 Å². The number of morpholine rings is 1. The van der Waals surface area contributed by atoms with Crippen molar-refractivity contribution in [3.05, 3.63) is 59.7 Å². The number of H-pyrrole nitrogens is 1. The van der Waals surface area contributed by atoms with Crippen LogP contribution < -0.4 is 10.1 Å². The minimum Gasteiger partial charge on any atom is -0.497 e. The Hall–Kier alpha value is -2.88. The van der Waals surface area contributed by atoms with Crippen LogP contribution in [0.3, 0.4) is 0 Å². The van der Waals surface area contributed by atoms with E-state index in [0.29, 0.717) is 23.9 Å². The number of ether oxygens (including phenoxy) is 2. The number of thioether (sulfide) groups is 1. The number of nitrogens with zero attached hydrogens (tertiary/aromatic N) is 3. The van der Waals surface area contributed by atoms with Crippen LogP contribution in [0.15, 0.2) is 53.7 Å². The van der Waals surface area contributed by atoms with Gasteiger partial charge in [-0.25, -0.2) is 4.98 Å². The number of rotatable bonds is 11. The number of aryl methyl sites for hydroxylation is 1. The summed E-state index contributed by atoms with van der Waals surface area (Å²) in [5.41, 5.74) is 3.19. The van der Waals surface area contributed by atoms with Crippen molar-refractivity contribution in [1.82, 2.24) is 25.4 Å². The Kier molecular flexibility index (Phi) is 9.16. The molecule has 1 fully saturated rings. The van der Waals surface area contributed by atoms with Crippen molar-refractivity contribution in [2.24, 2.45) is 0 Å². The second-order valence-electron chi connectivity index (χ2n) is 8.57. The zero-order valence-corrected chi connectivity index (χ0v) is 21.1. The van der Waals surface area contributed by atoms with Gasteiger partial charge in [-0.2, -0.15) is 0 Å². The van der Waals surface area contributed by atoms with E-state index in [4.69, 9.17) is 9.47 Å². The fourth-order valence-corrected chi connectivity index (χ4v) is 4.93. The van der Waals surface area contributed by atoms with E-state index in [0.717, 1.165) is 56.1 Å². The lowest BCUT2D eigenvalue weighted by molar-refractivity contribution is -0.121. The number of aromatic amines is 1. The standard InChI is InChI=1S/C26H33N5O3S/c1-19-4-6-20(7-5-19)23(18-24(32)27-12-3-13-31-14-16-34-17-15-31)35-26-28-25(29-30-26)21-8-10-22(33-2)11-9-21/h4-11,23H,3,12-18H2,1-2H3,(H,27,32)(H,28,29,30)/t23-/m1/s1. The van der Waals surface area contributed by atoms with Gasteiger partial charge < -0.3 is 14.8 Å². The summed E-state index contributed by atoms with van der Waals surface area (Å²) < 4.78 is 10.6. The average Bonchev–Trinajstić information content (AvgIpc) is 3.36. The van der Waals surface area contributed by atoms with Gasteiger partial charge in [0.05, 0.1) is 20.3 Å². The summed E-state index contributed by atoms with van der Waals surface area (Å²) in [6, 6.07) is 16.0. The number of benzene rings is 2. The lowest BCUT2D eigenvalue weighted by atomic mass is 10.1. The molecule has 35 heavy (non-hydrogen) atoms. The van der Waals surface area contributed by atoms with E-state index in [-0.39, 0.29) is 11.2 Å². The van der Waals surface area contributed by atoms with Crippen molar-refractivity contribution in [2.75, 3.05) is 46.5 Å². The zero-order chi connectivity index (χ0) is 24.5. The summed E-state index contributed by atoms with van der Waals surface area (Å²) in [5.74, 6) is 1.51. The van der Waals surface area contributed by atoms with E-state index in [1.54, 1.807) is 7.11 Å². The summed E-state index contributed by atoms with van der Waals surface area (Å²) in [6.07, 6.45) is 1.29. The maximum absolute atomic E-state index is 12.8. The molecule has 0 aliphatic carbocycles. The maximum Gasteiger partial charge on any atom is 0.221 e. The predicted octanol–water partition coefficient (Wildman–Crippen LogP) is 3.85. The molecule has 1 saturated heterocycles. The zero-order valence-electron chi connectivity index (χ0n) is 20.3. The van der Waals surface area contributed by atoms with Crippen molar-refractivity contribution in [3.8, 4) is 17.1 Å². The Morgan fingerprint density at radius 3 is 2.63 bits per heavy atom. The summed E-state index contributed by atoms with van der Waals surface area (Å²) in [6.45, 7) is 7.23. The molecule has 3 aromatic rings. The number of methoxy groups -OCH3 is 1. The molecule has 9 heteroatoms. The molecule has 0 saturated carbocycles. The first-order valence-electron chi connectivity index (χ1n) is 12.0. The van der Waals surface area contributed by atoms with Crippen LogP contribution in [0.2, 0.25) is 0 Å². The molecule has 1 aliphatic heterocycles. The average molecular weight is 496 g/mol. The van der Waals surface area contributed by atoms with Gasteiger partial charge >= 0.3 is 0 Å². The third-order valence-electron chi connectivity index (χ3n) is 5.97. The summed E-state index contributed by atoms with van der Waals surface area (Å²) >= 11 is 1.50. The Labute approximate surface area is 210 Å². The first kappa shape index (κ1) is 25.2. The van der Waals surface area contributed by atoms with E-state index in [1.807, 2.05) is 24.3 Å². The lowest BCUT2D eigenvalue weighted by Crippen LogP contribution is -2.38. The van der Waals surface area contributed by atoms with Crippen LogP contribution in [-0.4, -0.2) is 72.5 Å². The highest BCUT2D eigenvalue weighted by molar-refractivity contribution is 7.99. The minimum absolute atomic E-state index is 0.0379. The SMILES string of the molecule is COc1ccc(-c2nc(S[C@H](CC(=O)NCCCN3CCOCC3)c3ccc(C)cc3)n[nH]2)cc1. The molecule has 2 aromatic carbocycles. The second kappa shape index (κ2) is 12.7. The topological polar surface area (TPSA) is 92.4 Å². The highest BCUT2D eigenvalue weighted by atomic mass is 32.2. The van der Waals surface area contributed by atoms with Crippen LogP contribution in [0.5, 0.6) is 5.75 Å².